The van der Waals surface area contributed by atoms with Gasteiger partial charge in [-0.2, -0.15) is 0 Å². The second-order valence-corrected chi connectivity index (χ2v) is 9.03. The normalized spacial score (nSPS) is 22.2. The van der Waals surface area contributed by atoms with Crippen LogP contribution in [0.2, 0.25) is 0 Å². The molecule has 4 aromatic rings. The topological polar surface area (TPSA) is 111 Å². The molecule has 1 fully saturated rings. The van der Waals surface area contributed by atoms with E-state index in [2.05, 4.69) is 49.5 Å². The van der Waals surface area contributed by atoms with Crippen LogP contribution in [0.1, 0.15) is 37.1 Å². The van der Waals surface area contributed by atoms with Gasteiger partial charge in [-0.25, -0.2) is 9.97 Å². The molecule has 1 aromatic carbocycles. The lowest BCUT2D eigenvalue weighted by Gasteiger charge is -2.37. The van der Waals surface area contributed by atoms with E-state index in [1.54, 1.807) is 12.4 Å². The van der Waals surface area contributed by atoms with Gasteiger partial charge >= 0.3 is 0 Å². The fourth-order valence-electron chi connectivity index (χ4n) is 5.16. The molecule has 0 radical (unpaired) electrons. The Kier molecular flexibility index (Phi) is 5.17. The standard InChI is InChI=1S/C25H27N7O2/c1-15-10-17(33)6-8-31(15)16-2-5-22(27-11-16)30-20-4-3-18(19-12-29-25(34)24(19)20)21-13-28-23-14-26-7-9-32(21)23/h2-5,7,9,11,13-15,17,25,29,33-34H,6,8,10,12H2,1H3,(H,27,30)/t15-,17+,25?/m1/s1. The Labute approximate surface area is 197 Å². The number of aliphatic hydroxyl groups excluding tert-OH is 2. The summed E-state index contributed by atoms with van der Waals surface area (Å²) in [4.78, 5) is 15.5. The molecule has 174 valence electrons. The number of imidazole rings is 1. The zero-order valence-corrected chi connectivity index (χ0v) is 18.9. The molecule has 1 unspecified atom stereocenters. The Morgan fingerprint density at radius 2 is 2.00 bits per heavy atom. The Bertz CT molecular complexity index is 1340. The van der Waals surface area contributed by atoms with Crippen LogP contribution in [-0.4, -0.2) is 48.3 Å². The lowest BCUT2D eigenvalue weighted by molar-refractivity contribution is 0.131. The molecule has 2 aliphatic heterocycles. The second-order valence-electron chi connectivity index (χ2n) is 9.03. The van der Waals surface area contributed by atoms with Gasteiger partial charge in [0.15, 0.2) is 5.65 Å². The molecule has 1 saturated heterocycles. The summed E-state index contributed by atoms with van der Waals surface area (Å²) >= 11 is 0. The van der Waals surface area contributed by atoms with Gasteiger partial charge in [-0.3, -0.25) is 14.7 Å². The van der Waals surface area contributed by atoms with Crippen LogP contribution in [0.15, 0.2) is 55.2 Å². The fraction of sp³-hybridized carbons (Fsp3) is 0.320. The van der Waals surface area contributed by atoms with Crippen molar-refractivity contribution in [3.8, 4) is 11.3 Å². The van der Waals surface area contributed by atoms with E-state index in [0.29, 0.717) is 12.4 Å². The molecule has 5 heterocycles. The summed E-state index contributed by atoms with van der Waals surface area (Å²) in [6.07, 6.45) is 9.63. The number of hydrogen-bond donors (Lipinski definition) is 4. The van der Waals surface area contributed by atoms with E-state index in [9.17, 15) is 10.2 Å². The highest BCUT2D eigenvalue weighted by atomic mass is 16.3. The molecule has 2 aliphatic rings. The lowest BCUT2D eigenvalue weighted by Crippen LogP contribution is -2.42. The molecule has 9 nitrogen and oxygen atoms in total. The van der Waals surface area contributed by atoms with Crippen molar-refractivity contribution in [3.05, 3.63) is 66.4 Å². The van der Waals surface area contributed by atoms with Crippen molar-refractivity contribution in [1.29, 1.82) is 0 Å². The van der Waals surface area contributed by atoms with E-state index in [1.165, 1.54) is 0 Å². The number of pyridine rings is 1. The molecule has 9 heteroatoms. The van der Waals surface area contributed by atoms with Gasteiger partial charge in [0.25, 0.3) is 0 Å². The van der Waals surface area contributed by atoms with Crippen molar-refractivity contribution in [2.45, 2.75) is 44.7 Å². The number of nitrogens with zero attached hydrogens (tertiary/aromatic N) is 5. The largest absolute Gasteiger partial charge is 0.393 e. The SMILES string of the molecule is C[C@@H]1C[C@@H](O)CCN1c1ccc(Nc2ccc(-c3cnc4cnccn34)c3c2C(O)NC3)nc1. The average Bonchev–Trinajstić information content (AvgIpc) is 3.45. The molecular formula is C25H27N7O2. The van der Waals surface area contributed by atoms with Gasteiger partial charge in [-0.15, -0.1) is 0 Å². The molecule has 3 aromatic heterocycles. The molecule has 6 rings (SSSR count). The van der Waals surface area contributed by atoms with Gasteiger partial charge in [0.05, 0.1) is 36.1 Å². The quantitative estimate of drug-likeness (QED) is 0.370. The number of benzene rings is 1. The Morgan fingerprint density at radius 3 is 2.82 bits per heavy atom. The lowest BCUT2D eigenvalue weighted by atomic mass is 9.98. The van der Waals surface area contributed by atoms with Gasteiger partial charge in [0.1, 0.15) is 12.0 Å². The Hall–Kier alpha value is -3.53. The Morgan fingerprint density at radius 1 is 1.09 bits per heavy atom. The van der Waals surface area contributed by atoms with Gasteiger partial charge in [0, 0.05) is 48.3 Å². The van der Waals surface area contributed by atoms with Gasteiger partial charge in [-0.1, -0.05) is 6.07 Å². The molecule has 34 heavy (non-hydrogen) atoms. The number of fused-ring (bicyclic) bond motifs is 2. The van der Waals surface area contributed by atoms with Crippen LogP contribution >= 0.6 is 0 Å². The second kappa shape index (κ2) is 8.35. The van der Waals surface area contributed by atoms with Crippen LogP contribution in [0.4, 0.5) is 17.2 Å². The minimum Gasteiger partial charge on any atom is -0.393 e. The van der Waals surface area contributed by atoms with E-state index in [-0.39, 0.29) is 12.1 Å². The number of aliphatic hydroxyl groups is 2. The first kappa shape index (κ1) is 21.0. The van der Waals surface area contributed by atoms with Crippen molar-refractivity contribution in [3.63, 3.8) is 0 Å². The first-order valence-electron chi connectivity index (χ1n) is 11.6. The van der Waals surface area contributed by atoms with Crippen LogP contribution < -0.4 is 15.5 Å². The van der Waals surface area contributed by atoms with E-state index < -0.39 is 6.23 Å². The summed E-state index contributed by atoms with van der Waals surface area (Å²) in [5.41, 5.74) is 6.49. The number of nitrogens with one attached hydrogen (secondary N) is 2. The first-order chi connectivity index (χ1) is 16.6. The van der Waals surface area contributed by atoms with Gasteiger partial charge in [0.2, 0.25) is 0 Å². The molecular weight excluding hydrogens is 430 g/mol. The van der Waals surface area contributed by atoms with E-state index >= 15 is 0 Å². The minimum atomic E-state index is -0.766. The summed E-state index contributed by atoms with van der Waals surface area (Å²) < 4.78 is 2.00. The minimum absolute atomic E-state index is 0.220. The van der Waals surface area contributed by atoms with E-state index in [0.717, 1.165) is 58.8 Å². The van der Waals surface area contributed by atoms with Crippen LogP contribution in [0.25, 0.3) is 16.9 Å². The molecule has 0 saturated carbocycles. The van der Waals surface area contributed by atoms with Crippen molar-refractivity contribution >= 4 is 22.8 Å². The highest BCUT2D eigenvalue weighted by molar-refractivity contribution is 5.76. The maximum Gasteiger partial charge on any atom is 0.155 e. The smallest absolute Gasteiger partial charge is 0.155 e. The fourth-order valence-corrected chi connectivity index (χ4v) is 5.16. The highest BCUT2D eigenvalue weighted by Crippen LogP contribution is 2.39. The zero-order valence-electron chi connectivity index (χ0n) is 18.9. The number of anilines is 3. The van der Waals surface area contributed by atoms with Gasteiger partial charge in [-0.05, 0) is 43.5 Å². The monoisotopic (exact) mass is 457 g/mol. The predicted molar refractivity (Wildman–Crippen MR) is 130 cm³/mol. The molecule has 0 aliphatic carbocycles. The number of aromatic nitrogens is 4. The first-order valence-corrected chi connectivity index (χ1v) is 11.6. The molecule has 0 amide bonds. The molecule has 0 bridgehead atoms. The van der Waals surface area contributed by atoms with Crippen molar-refractivity contribution in [1.82, 2.24) is 24.7 Å². The summed E-state index contributed by atoms with van der Waals surface area (Å²) in [7, 11) is 0. The van der Waals surface area contributed by atoms with Crippen LogP contribution in [0.3, 0.4) is 0 Å². The number of rotatable bonds is 4. The van der Waals surface area contributed by atoms with Crippen molar-refractivity contribution in [2.75, 3.05) is 16.8 Å². The third-order valence-corrected chi connectivity index (χ3v) is 6.89. The summed E-state index contributed by atoms with van der Waals surface area (Å²) in [6, 6.07) is 8.32. The van der Waals surface area contributed by atoms with Crippen molar-refractivity contribution < 1.29 is 10.2 Å². The third kappa shape index (κ3) is 3.58. The highest BCUT2D eigenvalue weighted by Gasteiger charge is 2.28. The van der Waals surface area contributed by atoms with Crippen LogP contribution in [0, 0.1) is 0 Å². The number of piperidine rings is 1. The van der Waals surface area contributed by atoms with Crippen molar-refractivity contribution in [2.24, 2.45) is 0 Å². The van der Waals surface area contributed by atoms with Crippen LogP contribution in [-0.2, 0) is 6.54 Å². The van der Waals surface area contributed by atoms with E-state index in [4.69, 9.17) is 0 Å². The summed E-state index contributed by atoms with van der Waals surface area (Å²) in [5.74, 6) is 0.711. The summed E-state index contributed by atoms with van der Waals surface area (Å²) in [5, 5.41) is 27.1. The zero-order chi connectivity index (χ0) is 23.2. The van der Waals surface area contributed by atoms with E-state index in [1.807, 2.05) is 35.1 Å². The maximum absolute atomic E-state index is 10.7. The van der Waals surface area contributed by atoms with Crippen LogP contribution in [0.5, 0.6) is 0 Å². The maximum atomic E-state index is 10.7. The third-order valence-electron chi connectivity index (χ3n) is 6.89. The average molecular weight is 458 g/mol. The molecule has 4 N–H and O–H groups in total. The summed E-state index contributed by atoms with van der Waals surface area (Å²) in [6.45, 7) is 3.52. The predicted octanol–water partition coefficient (Wildman–Crippen LogP) is 2.98. The number of hydrogen-bond acceptors (Lipinski definition) is 8. The van der Waals surface area contributed by atoms with Gasteiger partial charge < -0.3 is 20.4 Å². The molecule has 0 spiro atoms. The Balaban J connectivity index is 1.30. The molecule has 3 atom stereocenters.